The number of nitrogens with one attached hydrogen (secondary N) is 1. The first-order valence-electron chi connectivity index (χ1n) is 5.98. The maximum Gasteiger partial charge on any atom is 0.147 e. The second-order valence-corrected chi connectivity index (χ2v) is 5.06. The highest BCUT2D eigenvalue weighted by Gasteiger charge is 2.07. The molecule has 0 unspecified atom stereocenters. The summed E-state index contributed by atoms with van der Waals surface area (Å²) < 4.78 is 5.77. The van der Waals surface area contributed by atoms with Crippen LogP contribution in [0.1, 0.15) is 11.1 Å². The van der Waals surface area contributed by atoms with Crippen molar-refractivity contribution >= 4 is 23.2 Å². The Kier molecular flexibility index (Phi) is 4.70. The zero-order chi connectivity index (χ0) is 13.8. The molecule has 2 rings (SSSR count). The van der Waals surface area contributed by atoms with Crippen molar-refractivity contribution in [3.8, 4) is 11.5 Å². The van der Waals surface area contributed by atoms with Gasteiger partial charge in [0.1, 0.15) is 16.5 Å². The molecule has 0 aliphatic heterocycles. The molecule has 2 aromatic rings. The smallest absolute Gasteiger partial charge is 0.147 e. The Labute approximate surface area is 123 Å². The molecule has 19 heavy (non-hydrogen) atoms. The molecule has 0 saturated heterocycles. The fraction of sp³-hybridized carbons (Fsp3) is 0.200. The van der Waals surface area contributed by atoms with Crippen molar-refractivity contribution in [2.75, 3.05) is 7.05 Å². The Hall–Kier alpha value is -1.22. The number of hydrogen-bond donors (Lipinski definition) is 1. The van der Waals surface area contributed by atoms with Gasteiger partial charge in [0, 0.05) is 6.54 Å². The predicted molar refractivity (Wildman–Crippen MR) is 80.5 cm³/mol. The van der Waals surface area contributed by atoms with Crippen LogP contribution in [0, 0.1) is 6.92 Å². The Balaban J connectivity index is 2.24. The molecule has 0 radical (unpaired) electrons. The fourth-order valence-electron chi connectivity index (χ4n) is 1.81. The Morgan fingerprint density at radius 2 is 1.95 bits per heavy atom. The Morgan fingerprint density at radius 1 is 1.16 bits per heavy atom. The second-order valence-electron chi connectivity index (χ2n) is 4.27. The van der Waals surface area contributed by atoms with Crippen LogP contribution in [0.4, 0.5) is 0 Å². The quantitative estimate of drug-likeness (QED) is 0.874. The van der Waals surface area contributed by atoms with Gasteiger partial charge >= 0.3 is 0 Å². The number of halogens is 2. The molecule has 0 bridgehead atoms. The number of rotatable bonds is 4. The minimum Gasteiger partial charge on any atom is -0.456 e. The van der Waals surface area contributed by atoms with Crippen LogP contribution in [-0.2, 0) is 6.54 Å². The molecular weight excluding hydrogens is 281 g/mol. The fourth-order valence-corrected chi connectivity index (χ4v) is 2.14. The van der Waals surface area contributed by atoms with Crippen LogP contribution >= 0.6 is 23.2 Å². The summed E-state index contributed by atoms with van der Waals surface area (Å²) >= 11 is 12.1. The van der Waals surface area contributed by atoms with Crippen molar-refractivity contribution < 1.29 is 4.74 Å². The molecule has 0 spiro atoms. The van der Waals surface area contributed by atoms with Crippen molar-refractivity contribution in [3.63, 3.8) is 0 Å². The first-order valence-corrected chi connectivity index (χ1v) is 6.73. The molecular formula is C15H15Cl2NO. The third kappa shape index (κ3) is 3.41. The van der Waals surface area contributed by atoms with E-state index in [4.69, 9.17) is 27.9 Å². The summed E-state index contributed by atoms with van der Waals surface area (Å²) in [7, 11) is 1.93. The molecule has 0 atom stereocenters. The van der Waals surface area contributed by atoms with Crippen LogP contribution in [0.5, 0.6) is 11.5 Å². The third-order valence-electron chi connectivity index (χ3n) is 2.83. The number of aryl methyl sites for hydroxylation is 1. The molecule has 0 aliphatic carbocycles. The van der Waals surface area contributed by atoms with E-state index in [1.54, 1.807) is 12.1 Å². The average molecular weight is 296 g/mol. The average Bonchev–Trinajstić information content (AvgIpc) is 2.38. The molecule has 0 aromatic heterocycles. The van der Waals surface area contributed by atoms with Gasteiger partial charge in [-0.05, 0) is 49.4 Å². The molecule has 100 valence electrons. The summed E-state index contributed by atoms with van der Waals surface area (Å²) in [5.74, 6) is 1.32. The zero-order valence-corrected chi connectivity index (χ0v) is 12.3. The standard InChI is InChI=1S/C15H15Cl2NO/c1-10-8-12(7-6-11(10)9-18-2)19-14-5-3-4-13(16)15(14)17/h3-8,18H,9H2,1-2H3. The predicted octanol–water partition coefficient (Wildman–Crippen LogP) is 4.81. The van der Waals surface area contributed by atoms with E-state index in [0.717, 1.165) is 12.3 Å². The number of benzene rings is 2. The van der Waals surface area contributed by atoms with Gasteiger partial charge in [-0.2, -0.15) is 0 Å². The minimum atomic E-state index is 0.432. The first kappa shape index (κ1) is 14.2. The molecule has 0 saturated carbocycles. The zero-order valence-electron chi connectivity index (χ0n) is 10.8. The van der Waals surface area contributed by atoms with Gasteiger partial charge in [-0.25, -0.2) is 0 Å². The molecule has 1 N–H and O–H groups in total. The van der Waals surface area contributed by atoms with Crippen LogP contribution in [0.25, 0.3) is 0 Å². The Morgan fingerprint density at radius 3 is 2.63 bits per heavy atom. The van der Waals surface area contributed by atoms with E-state index in [1.165, 1.54) is 11.1 Å². The molecule has 4 heteroatoms. The monoisotopic (exact) mass is 295 g/mol. The third-order valence-corrected chi connectivity index (χ3v) is 3.63. The van der Waals surface area contributed by atoms with E-state index >= 15 is 0 Å². The van der Waals surface area contributed by atoms with Crippen molar-refractivity contribution in [1.29, 1.82) is 0 Å². The van der Waals surface area contributed by atoms with Gasteiger partial charge in [0.25, 0.3) is 0 Å². The van der Waals surface area contributed by atoms with Crippen molar-refractivity contribution in [2.24, 2.45) is 0 Å². The largest absolute Gasteiger partial charge is 0.456 e. The topological polar surface area (TPSA) is 21.3 Å². The van der Waals surface area contributed by atoms with E-state index < -0.39 is 0 Å². The van der Waals surface area contributed by atoms with Gasteiger partial charge in [0.15, 0.2) is 0 Å². The maximum absolute atomic E-state index is 6.10. The van der Waals surface area contributed by atoms with Crippen LogP contribution in [0.3, 0.4) is 0 Å². The first-order chi connectivity index (χ1) is 9.11. The van der Waals surface area contributed by atoms with Gasteiger partial charge < -0.3 is 10.1 Å². The van der Waals surface area contributed by atoms with Gasteiger partial charge in [-0.1, -0.05) is 35.3 Å². The van der Waals surface area contributed by atoms with Gasteiger partial charge in [-0.15, -0.1) is 0 Å². The van der Waals surface area contributed by atoms with Crippen LogP contribution in [-0.4, -0.2) is 7.05 Å². The summed E-state index contributed by atoms with van der Waals surface area (Å²) in [5, 5.41) is 4.05. The summed E-state index contributed by atoms with van der Waals surface area (Å²) in [6, 6.07) is 11.3. The lowest BCUT2D eigenvalue weighted by atomic mass is 10.1. The minimum absolute atomic E-state index is 0.432. The van der Waals surface area contributed by atoms with Crippen LogP contribution in [0.15, 0.2) is 36.4 Å². The highest BCUT2D eigenvalue weighted by molar-refractivity contribution is 6.42. The molecule has 2 nitrogen and oxygen atoms in total. The summed E-state index contributed by atoms with van der Waals surface area (Å²) in [5.41, 5.74) is 2.41. The van der Waals surface area contributed by atoms with E-state index in [-0.39, 0.29) is 0 Å². The summed E-state index contributed by atoms with van der Waals surface area (Å²) in [6.45, 7) is 2.89. The van der Waals surface area contributed by atoms with E-state index in [1.807, 2.05) is 31.3 Å². The molecule has 2 aromatic carbocycles. The number of ether oxygens (including phenoxy) is 1. The van der Waals surface area contributed by atoms with E-state index in [0.29, 0.717) is 15.8 Å². The van der Waals surface area contributed by atoms with E-state index in [9.17, 15) is 0 Å². The summed E-state index contributed by atoms with van der Waals surface area (Å²) in [6.07, 6.45) is 0. The molecule has 0 amide bonds. The lowest BCUT2D eigenvalue weighted by molar-refractivity contribution is 0.482. The van der Waals surface area contributed by atoms with Crippen molar-refractivity contribution in [3.05, 3.63) is 57.6 Å². The normalized spacial score (nSPS) is 10.5. The highest BCUT2D eigenvalue weighted by Crippen LogP contribution is 2.34. The lowest BCUT2D eigenvalue weighted by Gasteiger charge is -2.11. The van der Waals surface area contributed by atoms with Gasteiger partial charge in [0.2, 0.25) is 0 Å². The molecule has 0 fully saturated rings. The summed E-state index contributed by atoms with van der Waals surface area (Å²) in [4.78, 5) is 0. The second kappa shape index (κ2) is 6.29. The number of hydrogen-bond acceptors (Lipinski definition) is 2. The van der Waals surface area contributed by atoms with Crippen LogP contribution in [0.2, 0.25) is 10.0 Å². The van der Waals surface area contributed by atoms with Crippen LogP contribution < -0.4 is 10.1 Å². The van der Waals surface area contributed by atoms with Gasteiger partial charge in [-0.3, -0.25) is 0 Å². The lowest BCUT2D eigenvalue weighted by Crippen LogP contribution is -2.06. The van der Waals surface area contributed by atoms with Crippen molar-refractivity contribution in [2.45, 2.75) is 13.5 Å². The van der Waals surface area contributed by atoms with Crippen molar-refractivity contribution in [1.82, 2.24) is 5.32 Å². The SMILES string of the molecule is CNCc1ccc(Oc2cccc(Cl)c2Cl)cc1C. The maximum atomic E-state index is 6.10. The highest BCUT2D eigenvalue weighted by atomic mass is 35.5. The Bertz CT molecular complexity index is 584. The molecule has 0 aliphatic rings. The van der Waals surface area contributed by atoms with E-state index in [2.05, 4.69) is 12.2 Å². The molecule has 0 heterocycles. The van der Waals surface area contributed by atoms with Gasteiger partial charge in [0.05, 0.1) is 5.02 Å².